The van der Waals surface area contributed by atoms with Gasteiger partial charge in [0.2, 0.25) is 0 Å². The summed E-state index contributed by atoms with van der Waals surface area (Å²) in [5.74, 6) is 0.504. The molecule has 3 nitrogen and oxygen atoms in total. The monoisotopic (exact) mass is 309 g/mol. The standard InChI is InChI=1S/C11H11ClF3N3S/c1-7(2-3-12)19-10-8-6-9(11(13,14)15)17-18(8)5-4-16-10/h4-7H,2-3H2,1H3. The Hall–Kier alpha value is -0.950. The summed E-state index contributed by atoms with van der Waals surface area (Å²) in [6.45, 7) is 1.96. The van der Waals surface area contributed by atoms with E-state index in [1.165, 1.54) is 28.7 Å². The van der Waals surface area contributed by atoms with Gasteiger partial charge < -0.3 is 0 Å². The zero-order valence-corrected chi connectivity index (χ0v) is 11.6. The average Bonchev–Trinajstić information content (AvgIpc) is 2.74. The predicted octanol–water partition coefficient (Wildman–Crippen LogP) is 3.86. The van der Waals surface area contributed by atoms with Crippen molar-refractivity contribution in [2.75, 3.05) is 5.88 Å². The molecule has 0 aliphatic rings. The zero-order valence-electron chi connectivity index (χ0n) is 9.99. The van der Waals surface area contributed by atoms with E-state index in [-0.39, 0.29) is 5.25 Å². The molecule has 0 bridgehead atoms. The van der Waals surface area contributed by atoms with Crippen LogP contribution >= 0.6 is 23.4 Å². The normalized spacial score (nSPS) is 13.9. The van der Waals surface area contributed by atoms with Gasteiger partial charge in [-0.15, -0.1) is 23.4 Å². The zero-order chi connectivity index (χ0) is 14.0. The Morgan fingerprint density at radius 2 is 2.21 bits per heavy atom. The summed E-state index contributed by atoms with van der Waals surface area (Å²) in [6.07, 6.45) is -0.846. The van der Waals surface area contributed by atoms with Crippen LogP contribution in [0.2, 0.25) is 0 Å². The molecule has 2 aromatic heterocycles. The molecule has 0 saturated heterocycles. The average molecular weight is 310 g/mol. The first-order valence-electron chi connectivity index (χ1n) is 5.56. The smallest absolute Gasteiger partial charge is 0.246 e. The van der Waals surface area contributed by atoms with Crippen LogP contribution in [-0.2, 0) is 6.18 Å². The van der Waals surface area contributed by atoms with Gasteiger partial charge in [0.05, 0.1) is 5.52 Å². The minimum Gasteiger partial charge on any atom is -0.246 e. The number of hydrogen-bond donors (Lipinski definition) is 0. The van der Waals surface area contributed by atoms with Crippen molar-refractivity contribution in [3.05, 3.63) is 24.2 Å². The number of rotatable bonds is 4. The molecule has 0 spiro atoms. The number of alkyl halides is 4. The molecule has 2 rings (SSSR count). The lowest BCUT2D eigenvalue weighted by Gasteiger charge is -2.08. The van der Waals surface area contributed by atoms with Gasteiger partial charge in [-0.1, -0.05) is 6.92 Å². The second-order valence-electron chi connectivity index (χ2n) is 4.00. The van der Waals surface area contributed by atoms with Gasteiger partial charge in [-0.05, 0) is 12.5 Å². The van der Waals surface area contributed by atoms with Gasteiger partial charge >= 0.3 is 6.18 Å². The number of nitrogens with zero attached hydrogens (tertiary/aromatic N) is 3. The van der Waals surface area contributed by atoms with E-state index in [0.29, 0.717) is 16.4 Å². The molecule has 2 heterocycles. The van der Waals surface area contributed by atoms with Crippen LogP contribution in [0, 0.1) is 0 Å². The third-order valence-corrected chi connectivity index (χ3v) is 3.87. The Morgan fingerprint density at radius 1 is 1.47 bits per heavy atom. The van der Waals surface area contributed by atoms with Crippen molar-refractivity contribution >= 4 is 28.9 Å². The lowest BCUT2D eigenvalue weighted by Crippen LogP contribution is -2.05. The Kier molecular flexibility index (Phi) is 4.25. The van der Waals surface area contributed by atoms with Crippen LogP contribution in [0.15, 0.2) is 23.5 Å². The first-order chi connectivity index (χ1) is 8.91. The van der Waals surface area contributed by atoms with Crippen LogP contribution in [0.1, 0.15) is 19.0 Å². The van der Waals surface area contributed by atoms with Crippen molar-refractivity contribution in [2.24, 2.45) is 0 Å². The van der Waals surface area contributed by atoms with Gasteiger partial charge in [0.25, 0.3) is 0 Å². The third-order valence-electron chi connectivity index (χ3n) is 2.47. The second-order valence-corrected chi connectivity index (χ2v) is 5.80. The summed E-state index contributed by atoms with van der Waals surface area (Å²) in [6, 6.07) is 1.02. The molecule has 2 aromatic rings. The summed E-state index contributed by atoms with van der Waals surface area (Å²) in [4.78, 5) is 4.12. The quantitative estimate of drug-likeness (QED) is 0.634. The number of halogens is 4. The summed E-state index contributed by atoms with van der Waals surface area (Å²) in [5, 5.41) is 4.22. The minimum atomic E-state index is -4.45. The second kappa shape index (κ2) is 5.58. The summed E-state index contributed by atoms with van der Waals surface area (Å²) in [5.41, 5.74) is -0.548. The molecule has 0 radical (unpaired) electrons. The molecule has 0 N–H and O–H groups in total. The largest absolute Gasteiger partial charge is 0.435 e. The van der Waals surface area contributed by atoms with Gasteiger partial charge in [0, 0.05) is 23.5 Å². The molecule has 8 heteroatoms. The van der Waals surface area contributed by atoms with Crippen molar-refractivity contribution in [3.63, 3.8) is 0 Å². The van der Waals surface area contributed by atoms with Gasteiger partial charge in [-0.2, -0.15) is 18.3 Å². The van der Waals surface area contributed by atoms with Crippen molar-refractivity contribution < 1.29 is 13.2 Å². The Morgan fingerprint density at radius 3 is 2.84 bits per heavy atom. The van der Waals surface area contributed by atoms with E-state index in [2.05, 4.69) is 10.1 Å². The molecule has 0 aliphatic carbocycles. The van der Waals surface area contributed by atoms with Crippen LogP contribution < -0.4 is 0 Å². The lowest BCUT2D eigenvalue weighted by atomic mass is 10.4. The highest BCUT2D eigenvalue weighted by Gasteiger charge is 2.34. The van der Waals surface area contributed by atoms with Gasteiger partial charge in [0.15, 0.2) is 5.69 Å². The number of aromatic nitrogens is 3. The molecular formula is C11H11ClF3N3S. The predicted molar refractivity (Wildman–Crippen MR) is 68.6 cm³/mol. The van der Waals surface area contributed by atoms with Crippen molar-refractivity contribution in [3.8, 4) is 0 Å². The van der Waals surface area contributed by atoms with E-state index in [0.717, 1.165) is 12.5 Å². The van der Waals surface area contributed by atoms with E-state index in [4.69, 9.17) is 11.6 Å². The highest BCUT2D eigenvalue weighted by atomic mass is 35.5. The fraction of sp³-hybridized carbons (Fsp3) is 0.455. The summed E-state index contributed by atoms with van der Waals surface area (Å²) < 4.78 is 39.1. The molecule has 0 aromatic carbocycles. The van der Waals surface area contributed by atoms with Crippen molar-refractivity contribution in [1.82, 2.24) is 14.6 Å². The van der Waals surface area contributed by atoms with Crippen molar-refractivity contribution in [1.29, 1.82) is 0 Å². The van der Waals surface area contributed by atoms with Crippen LogP contribution in [-0.4, -0.2) is 25.7 Å². The van der Waals surface area contributed by atoms with Gasteiger partial charge in [-0.25, -0.2) is 9.50 Å². The lowest BCUT2D eigenvalue weighted by molar-refractivity contribution is -0.141. The third kappa shape index (κ3) is 3.33. The van der Waals surface area contributed by atoms with E-state index in [9.17, 15) is 13.2 Å². The molecule has 104 valence electrons. The van der Waals surface area contributed by atoms with Gasteiger partial charge in [-0.3, -0.25) is 0 Å². The first kappa shape index (κ1) is 14.5. The highest BCUT2D eigenvalue weighted by Crippen LogP contribution is 2.32. The maximum atomic E-state index is 12.6. The van der Waals surface area contributed by atoms with E-state index >= 15 is 0 Å². The molecule has 1 atom stereocenters. The van der Waals surface area contributed by atoms with Crippen LogP contribution in [0.25, 0.3) is 5.52 Å². The maximum Gasteiger partial charge on any atom is 0.435 e. The SMILES string of the molecule is CC(CCCl)Sc1nccn2nc(C(F)(F)F)cc12. The maximum absolute atomic E-state index is 12.6. The molecule has 0 saturated carbocycles. The molecular weight excluding hydrogens is 299 g/mol. The van der Waals surface area contributed by atoms with Crippen molar-refractivity contribution in [2.45, 2.75) is 29.8 Å². The minimum absolute atomic E-state index is 0.181. The van der Waals surface area contributed by atoms with E-state index in [1.807, 2.05) is 6.92 Å². The first-order valence-corrected chi connectivity index (χ1v) is 6.97. The number of hydrogen-bond acceptors (Lipinski definition) is 3. The Balaban J connectivity index is 2.37. The summed E-state index contributed by atoms with van der Waals surface area (Å²) in [7, 11) is 0. The molecule has 0 fully saturated rings. The Labute approximate surface area is 117 Å². The molecule has 1 unspecified atom stereocenters. The molecule has 19 heavy (non-hydrogen) atoms. The topological polar surface area (TPSA) is 30.2 Å². The summed E-state index contributed by atoms with van der Waals surface area (Å²) >= 11 is 7.04. The molecule has 0 aliphatic heterocycles. The van der Waals surface area contributed by atoms with E-state index < -0.39 is 11.9 Å². The van der Waals surface area contributed by atoms with Gasteiger partial charge in [0.1, 0.15) is 5.03 Å². The van der Waals surface area contributed by atoms with E-state index in [1.54, 1.807) is 0 Å². The number of thioether (sulfide) groups is 1. The van der Waals surface area contributed by atoms with Crippen LogP contribution in [0.4, 0.5) is 13.2 Å². The fourth-order valence-electron chi connectivity index (χ4n) is 1.53. The van der Waals surface area contributed by atoms with Crippen LogP contribution in [0.3, 0.4) is 0 Å². The Bertz CT molecular complexity index is 570. The number of fused-ring (bicyclic) bond motifs is 1. The fourth-order valence-corrected chi connectivity index (χ4v) is 3.00. The molecule has 0 amide bonds. The van der Waals surface area contributed by atoms with Crippen LogP contribution in [0.5, 0.6) is 0 Å². The highest BCUT2D eigenvalue weighted by molar-refractivity contribution is 8.00.